The van der Waals surface area contributed by atoms with Gasteiger partial charge in [0.15, 0.2) is 0 Å². The molecule has 2 heteroatoms. The average molecular weight is 185 g/mol. The fourth-order valence-electron chi connectivity index (χ4n) is 1.91. The predicted molar refractivity (Wildman–Crippen MR) is 55.7 cm³/mol. The Labute approximate surface area is 81.7 Å². The van der Waals surface area contributed by atoms with Crippen molar-refractivity contribution in [1.29, 1.82) is 0 Å². The van der Waals surface area contributed by atoms with Gasteiger partial charge in [-0.2, -0.15) is 0 Å². The second-order valence-corrected chi connectivity index (χ2v) is 4.59. The molecule has 1 saturated carbocycles. The number of nitrogens with one attached hydrogen (secondary N) is 1. The smallest absolute Gasteiger partial charge is 0.0693 e. The minimum absolute atomic E-state index is 0.0964. The molecule has 0 saturated heterocycles. The summed E-state index contributed by atoms with van der Waals surface area (Å²) in [6.07, 6.45) is 5.72. The zero-order valence-corrected chi connectivity index (χ0v) is 8.92. The monoisotopic (exact) mass is 185 g/mol. The number of hydrogen-bond acceptors (Lipinski definition) is 2. The van der Waals surface area contributed by atoms with Gasteiger partial charge in [-0.05, 0) is 31.7 Å². The van der Waals surface area contributed by atoms with E-state index in [2.05, 4.69) is 19.2 Å². The molecular formula is C11H23NO. The third-order valence-electron chi connectivity index (χ3n) is 2.86. The van der Waals surface area contributed by atoms with Crippen molar-refractivity contribution in [3.05, 3.63) is 0 Å². The van der Waals surface area contributed by atoms with Crippen LogP contribution in [-0.4, -0.2) is 23.8 Å². The summed E-state index contributed by atoms with van der Waals surface area (Å²) in [6.45, 7) is 5.53. The Balaban J connectivity index is 2.11. The van der Waals surface area contributed by atoms with Gasteiger partial charge in [-0.1, -0.05) is 26.7 Å². The molecule has 0 unspecified atom stereocenters. The SMILES string of the molecule is CC(C)CCN[C@@H]1CCCC[C@H]1O. The molecule has 78 valence electrons. The van der Waals surface area contributed by atoms with Gasteiger partial charge in [-0.25, -0.2) is 0 Å². The Bertz CT molecular complexity index is 136. The van der Waals surface area contributed by atoms with Crippen LogP contribution in [0.25, 0.3) is 0 Å². The molecule has 0 aromatic rings. The van der Waals surface area contributed by atoms with E-state index >= 15 is 0 Å². The molecule has 0 amide bonds. The molecule has 2 nitrogen and oxygen atoms in total. The summed E-state index contributed by atoms with van der Waals surface area (Å²) in [6, 6.07) is 0.368. The van der Waals surface area contributed by atoms with Crippen molar-refractivity contribution in [3.8, 4) is 0 Å². The maximum atomic E-state index is 9.67. The second kappa shape index (κ2) is 5.61. The Morgan fingerprint density at radius 3 is 2.62 bits per heavy atom. The Hall–Kier alpha value is -0.0800. The molecule has 2 N–H and O–H groups in total. The normalized spacial score (nSPS) is 29.5. The molecule has 1 fully saturated rings. The molecule has 1 rings (SSSR count). The Morgan fingerprint density at radius 2 is 2.00 bits per heavy atom. The van der Waals surface area contributed by atoms with Crippen molar-refractivity contribution >= 4 is 0 Å². The van der Waals surface area contributed by atoms with Crippen LogP contribution in [0.4, 0.5) is 0 Å². The maximum Gasteiger partial charge on any atom is 0.0693 e. The minimum atomic E-state index is -0.0964. The molecule has 0 aromatic heterocycles. The van der Waals surface area contributed by atoms with Crippen LogP contribution < -0.4 is 5.32 Å². The number of aliphatic hydroxyl groups excluding tert-OH is 1. The fraction of sp³-hybridized carbons (Fsp3) is 1.00. The largest absolute Gasteiger partial charge is 0.392 e. The third kappa shape index (κ3) is 4.10. The van der Waals surface area contributed by atoms with E-state index in [0.29, 0.717) is 6.04 Å². The van der Waals surface area contributed by atoms with E-state index in [4.69, 9.17) is 0 Å². The van der Waals surface area contributed by atoms with Crippen LogP contribution in [0.2, 0.25) is 0 Å². The number of aliphatic hydroxyl groups is 1. The molecule has 0 radical (unpaired) electrons. The summed E-state index contributed by atoms with van der Waals surface area (Å²) in [5, 5.41) is 13.1. The quantitative estimate of drug-likeness (QED) is 0.701. The van der Waals surface area contributed by atoms with Gasteiger partial charge in [0.2, 0.25) is 0 Å². The molecule has 0 bridgehead atoms. The number of hydrogen-bond donors (Lipinski definition) is 2. The third-order valence-corrected chi connectivity index (χ3v) is 2.86. The lowest BCUT2D eigenvalue weighted by Gasteiger charge is -2.28. The average Bonchev–Trinajstić information content (AvgIpc) is 2.08. The summed E-state index contributed by atoms with van der Waals surface area (Å²) in [5.74, 6) is 0.758. The topological polar surface area (TPSA) is 32.3 Å². The highest BCUT2D eigenvalue weighted by atomic mass is 16.3. The van der Waals surface area contributed by atoms with Gasteiger partial charge in [-0.15, -0.1) is 0 Å². The molecule has 2 atom stereocenters. The second-order valence-electron chi connectivity index (χ2n) is 4.59. The maximum absolute atomic E-state index is 9.67. The first-order chi connectivity index (χ1) is 6.20. The number of rotatable bonds is 4. The predicted octanol–water partition coefficient (Wildman–Crippen LogP) is 1.93. The summed E-state index contributed by atoms with van der Waals surface area (Å²) < 4.78 is 0. The van der Waals surface area contributed by atoms with Crippen LogP contribution in [0.5, 0.6) is 0 Å². The van der Waals surface area contributed by atoms with Crippen LogP contribution in [0, 0.1) is 5.92 Å². The van der Waals surface area contributed by atoms with Gasteiger partial charge >= 0.3 is 0 Å². The van der Waals surface area contributed by atoms with Gasteiger partial charge in [0.05, 0.1) is 6.10 Å². The van der Waals surface area contributed by atoms with Crippen molar-refractivity contribution in [2.45, 2.75) is 58.1 Å². The van der Waals surface area contributed by atoms with Crippen LogP contribution in [0.15, 0.2) is 0 Å². The van der Waals surface area contributed by atoms with Crippen LogP contribution in [0.1, 0.15) is 46.0 Å². The highest BCUT2D eigenvalue weighted by Gasteiger charge is 2.21. The lowest BCUT2D eigenvalue weighted by atomic mass is 9.92. The Morgan fingerprint density at radius 1 is 1.31 bits per heavy atom. The van der Waals surface area contributed by atoms with Gasteiger partial charge in [-0.3, -0.25) is 0 Å². The van der Waals surface area contributed by atoms with E-state index in [9.17, 15) is 5.11 Å². The highest BCUT2D eigenvalue weighted by molar-refractivity contribution is 4.80. The highest BCUT2D eigenvalue weighted by Crippen LogP contribution is 2.18. The molecule has 13 heavy (non-hydrogen) atoms. The first-order valence-electron chi connectivity index (χ1n) is 5.61. The zero-order chi connectivity index (χ0) is 9.68. The summed E-state index contributed by atoms with van der Waals surface area (Å²) >= 11 is 0. The van der Waals surface area contributed by atoms with E-state index in [1.54, 1.807) is 0 Å². The van der Waals surface area contributed by atoms with E-state index in [-0.39, 0.29) is 6.10 Å². The standard InChI is InChI=1S/C11H23NO/c1-9(2)7-8-12-10-5-3-4-6-11(10)13/h9-13H,3-8H2,1-2H3/t10-,11-/m1/s1. The lowest BCUT2D eigenvalue weighted by Crippen LogP contribution is -2.42. The Kier molecular flexibility index (Phi) is 4.74. The summed E-state index contributed by atoms with van der Waals surface area (Å²) in [4.78, 5) is 0. The molecule has 1 aliphatic rings. The zero-order valence-electron chi connectivity index (χ0n) is 8.92. The van der Waals surface area contributed by atoms with E-state index in [0.717, 1.165) is 25.3 Å². The molecular weight excluding hydrogens is 162 g/mol. The van der Waals surface area contributed by atoms with Gasteiger partial charge in [0, 0.05) is 6.04 Å². The van der Waals surface area contributed by atoms with E-state index < -0.39 is 0 Å². The van der Waals surface area contributed by atoms with E-state index in [1.165, 1.54) is 19.3 Å². The first kappa shape index (κ1) is 11.0. The molecule has 0 aliphatic heterocycles. The molecule has 1 aliphatic carbocycles. The van der Waals surface area contributed by atoms with E-state index in [1.807, 2.05) is 0 Å². The molecule has 0 spiro atoms. The summed E-state index contributed by atoms with van der Waals surface area (Å²) in [5.41, 5.74) is 0. The van der Waals surface area contributed by atoms with Crippen molar-refractivity contribution < 1.29 is 5.11 Å². The molecule has 0 heterocycles. The van der Waals surface area contributed by atoms with Crippen LogP contribution in [0.3, 0.4) is 0 Å². The fourth-order valence-corrected chi connectivity index (χ4v) is 1.91. The van der Waals surface area contributed by atoms with Gasteiger partial charge in [0.1, 0.15) is 0 Å². The van der Waals surface area contributed by atoms with Crippen molar-refractivity contribution in [3.63, 3.8) is 0 Å². The van der Waals surface area contributed by atoms with Crippen LogP contribution in [-0.2, 0) is 0 Å². The minimum Gasteiger partial charge on any atom is -0.392 e. The van der Waals surface area contributed by atoms with Gasteiger partial charge in [0.25, 0.3) is 0 Å². The van der Waals surface area contributed by atoms with Crippen molar-refractivity contribution in [1.82, 2.24) is 5.32 Å². The lowest BCUT2D eigenvalue weighted by molar-refractivity contribution is 0.0905. The van der Waals surface area contributed by atoms with Crippen molar-refractivity contribution in [2.75, 3.05) is 6.54 Å². The first-order valence-corrected chi connectivity index (χ1v) is 5.61. The van der Waals surface area contributed by atoms with Crippen LogP contribution >= 0.6 is 0 Å². The van der Waals surface area contributed by atoms with Crippen molar-refractivity contribution in [2.24, 2.45) is 5.92 Å². The van der Waals surface area contributed by atoms with Gasteiger partial charge < -0.3 is 10.4 Å². The molecule has 0 aromatic carbocycles. The summed E-state index contributed by atoms with van der Waals surface area (Å²) in [7, 11) is 0.